The lowest BCUT2D eigenvalue weighted by molar-refractivity contribution is -0.116. The molecule has 23 heavy (non-hydrogen) atoms. The van der Waals surface area contributed by atoms with Gasteiger partial charge < -0.3 is 14.8 Å². The third-order valence-corrected chi connectivity index (χ3v) is 4.18. The van der Waals surface area contributed by atoms with Gasteiger partial charge in [-0.15, -0.1) is 0 Å². The number of hydrogen-bond donors (Lipinski definition) is 1. The van der Waals surface area contributed by atoms with Crippen LogP contribution in [0, 0.1) is 0 Å². The van der Waals surface area contributed by atoms with E-state index in [9.17, 15) is 4.79 Å². The summed E-state index contributed by atoms with van der Waals surface area (Å²) >= 11 is 12.1. The normalized spacial score (nSPS) is 10.3. The number of anilines is 1. The quantitative estimate of drug-likeness (QED) is 0.826. The maximum absolute atomic E-state index is 12.1. The zero-order valence-corrected chi connectivity index (χ0v) is 14.4. The van der Waals surface area contributed by atoms with E-state index in [1.165, 1.54) is 0 Å². The van der Waals surface area contributed by atoms with Gasteiger partial charge in [0.05, 0.1) is 24.3 Å². The first-order chi connectivity index (χ1) is 11.0. The molecule has 0 bridgehead atoms. The van der Waals surface area contributed by atoms with E-state index in [-0.39, 0.29) is 5.91 Å². The lowest BCUT2D eigenvalue weighted by atomic mass is 10.1. The minimum atomic E-state index is -0.117. The number of hydrogen-bond acceptors (Lipinski definition) is 3. The molecule has 0 spiro atoms. The van der Waals surface area contributed by atoms with Gasteiger partial charge in [-0.1, -0.05) is 35.3 Å². The van der Waals surface area contributed by atoms with Crippen LogP contribution in [0.2, 0.25) is 10.0 Å². The molecule has 0 aliphatic rings. The average Bonchev–Trinajstić information content (AvgIpc) is 2.56. The third-order valence-electron chi connectivity index (χ3n) is 3.32. The molecule has 0 aromatic heterocycles. The third kappa shape index (κ3) is 4.53. The smallest absolute Gasteiger partial charge is 0.224 e. The maximum Gasteiger partial charge on any atom is 0.224 e. The Hall–Kier alpha value is -1.91. The number of benzene rings is 2. The second-order valence-electron chi connectivity index (χ2n) is 4.83. The zero-order chi connectivity index (χ0) is 16.8. The lowest BCUT2D eigenvalue weighted by Crippen LogP contribution is -2.12. The first-order valence-electron chi connectivity index (χ1n) is 7.00. The Balaban J connectivity index is 1.98. The predicted octanol–water partition coefficient (Wildman–Crippen LogP) is 4.58. The number of aryl methyl sites for hydroxylation is 1. The number of carbonyl (C=O) groups is 1. The second-order valence-corrected chi connectivity index (χ2v) is 5.62. The van der Waals surface area contributed by atoms with Crippen molar-refractivity contribution in [2.75, 3.05) is 19.5 Å². The Morgan fingerprint density at radius 1 is 1.09 bits per heavy atom. The van der Waals surface area contributed by atoms with Crippen LogP contribution in [0.1, 0.15) is 12.0 Å². The summed E-state index contributed by atoms with van der Waals surface area (Å²) in [6.45, 7) is 0. The molecule has 0 radical (unpaired) electrons. The SMILES string of the molecule is COc1ccc(NC(=O)CCc2cccc(Cl)c2Cl)cc1OC. The van der Waals surface area contributed by atoms with Gasteiger partial charge in [0, 0.05) is 18.2 Å². The number of carbonyl (C=O) groups excluding carboxylic acids is 1. The molecule has 2 aromatic rings. The summed E-state index contributed by atoms with van der Waals surface area (Å²) in [5.74, 6) is 1.05. The molecule has 122 valence electrons. The number of amides is 1. The molecule has 2 rings (SSSR count). The summed E-state index contributed by atoms with van der Waals surface area (Å²) in [5.41, 5.74) is 1.49. The summed E-state index contributed by atoms with van der Waals surface area (Å²) in [5, 5.41) is 3.81. The predicted molar refractivity (Wildman–Crippen MR) is 93.0 cm³/mol. The first-order valence-corrected chi connectivity index (χ1v) is 7.75. The highest BCUT2D eigenvalue weighted by atomic mass is 35.5. The molecule has 0 saturated carbocycles. The molecule has 0 saturated heterocycles. The number of rotatable bonds is 6. The highest BCUT2D eigenvalue weighted by Gasteiger charge is 2.10. The van der Waals surface area contributed by atoms with E-state index in [2.05, 4.69) is 5.32 Å². The minimum absolute atomic E-state index is 0.117. The van der Waals surface area contributed by atoms with Crippen LogP contribution in [-0.4, -0.2) is 20.1 Å². The van der Waals surface area contributed by atoms with Crippen molar-refractivity contribution in [3.05, 3.63) is 52.0 Å². The molecule has 0 atom stereocenters. The summed E-state index contributed by atoms with van der Waals surface area (Å²) in [4.78, 5) is 12.1. The topological polar surface area (TPSA) is 47.6 Å². The molecule has 0 heterocycles. The van der Waals surface area contributed by atoms with Crippen LogP contribution in [-0.2, 0) is 11.2 Å². The highest BCUT2D eigenvalue weighted by Crippen LogP contribution is 2.30. The number of halogens is 2. The highest BCUT2D eigenvalue weighted by molar-refractivity contribution is 6.42. The zero-order valence-electron chi connectivity index (χ0n) is 12.9. The van der Waals surface area contributed by atoms with E-state index in [0.29, 0.717) is 40.1 Å². The van der Waals surface area contributed by atoms with E-state index in [4.69, 9.17) is 32.7 Å². The van der Waals surface area contributed by atoms with Crippen molar-refractivity contribution in [3.63, 3.8) is 0 Å². The standard InChI is InChI=1S/C17H17Cl2NO3/c1-22-14-8-7-12(10-15(14)23-2)20-16(21)9-6-11-4-3-5-13(18)17(11)19/h3-5,7-8,10H,6,9H2,1-2H3,(H,20,21). The van der Waals surface area contributed by atoms with Crippen molar-refractivity contribution in [3.8, 4) is 11.5 Å². The Morgan fingerprint density at radius 2 is 1.83 bits per heavy atom. The van der Waals surface area contributed by atoms with Crippen molar-refractivity contribution >= 4 is 34.8 Å². The van der Waals surface area contributed by atoms with E-state index in [1.807, 2.05) is 12.1 Å². The monoisotopic (exact) mass is 353 g/mol. The lowest BCUT2D eigenvalue weighted by Gasteiger charge is -2.11. The first kappa shape index (κ1) is 17.4. The molecule has 0 aliphatic heterocycles. The molecular weight excluding hydrogens is 337 g/mol. The van der Waals surface area contributed by atoms with Crippen molar-refractivity contribution in [2.24, 2.45) is 0 Å². The van der Waals surface area contributed by atoms with Crippen molar-refractivity contribution in [2.45, 2.75) is 12.8 Å². The fraction of sp³-hybridized carbons (Fsp3) is 0.235. The summed E-state index contributed by atoms with van der Waals surface area (Å²) in [6.07, 6.45) is 0.812. The van der Waals surface area contributed by atoms with Gasteiger partial charge in [-0.25, -0.2) is 0 Å². The van der Waals surface area contributed by atoms with Gasteiger partial charge in [0.2, 0.25) is 5.91 Å². The maximum atomic E-state index is 12.1. The van der Waals surface area contributed by atoms with Crippen molar-refractivity contribution in [1.29, 1.82) is 0 Å². The van der Waals surface area contributed by atoms with Gasteiger partial charge in [0.15, 0.2) is 11.5 Å². The minimum Gasteiger partial charge on any atom is -0.493 e. The summed E-state index contributed by atoms with van der Waals surface area (Å²) < 4.78 is 10.4. The molecule has 0 unspecified atom stereocenters. The molecule has 1 amide bonds. The molecule has 1 N–H and O–H groups in total. The Bertz CT molecular complexity index is 704. The molecule has 0 fully saturated rings. The second kappa shape index (κ2) is 8.09. The van der Waals surface area contributed by atoms with Gasteiger partial charge in [0.1, 0.15) is 0 Å². The van der Waals surface area contributed by atoms with Crippen LogP contribution < -0.4 is 14.8 Å². The van der Waals surface area contributed by atoms with Crippen LogP contribution in [0.5, 0.6) is 11.5 Å². The fourth-order valence-electron chi connectivity index (χ4n) is 2.13. The van der Waals surface area contributed by atoms with Crippen molar-refractivity contribution in [1.82, 2.24) is 0 Å². The van der Waals surface area contributed by atoms with Crippen LogP contribution in [0.15, 0.2) is 36.4 Å². The Morgan fingerprint density at radius 3 is 2.52 bits per heavy atom. The van der Waals surface area contributed by atoms with E-state index in [0.717, 1.165) is 5.56 Å². The van der Waals surface area contributed by atoms with Crippen LogP contribution in [0.3, 0.4) is 0 Å². The molecule has 6 heteroatoms. The van der Waals surface area contributed by atoms with Gasteiger partial charge in [-0.2, -0.15) is 0 Å². The molecule has 4 nitrogen and oxygen atoms in total. The van der Waals surface area contributed by atoms with Gasteiger partial charge in [-0.3, -0.25) is 4.79 Å². The van der Waals surface area contributed by atoms with E-state index >= 15 is 0 Å². The largest absolute Gasteiger partial charge is 0.493 e. The van der Waals surface area contributed by atoms with Crippen molar-refractivity contribution < 1.29 is 14.3 Å². The van der Waals surface area contributed by atoms with Gasteiger partial charge >= 0.3 is 0 Å². The number of ether oxygens (including phenoxy) is 2. The number of nitrogens with one attached hydrogen (secondary N) is 1. The summed E-state index contributed by atoms with van der Waals surface area (Å²) in [6, 6.07) is 10.6. The summed E-state index contributed by atoms with van der Waals surface area (Å²) in [7, 11) is 3.11. The average molecular weight is 354 g/mol. The van der Waals surface area contributed by atoms with E-state index in [1.54, 1.807) is 38.5 Å². The van der Waals surface area contributed by atoms with Gasteiger partial charge in [0.25, 0.3) is 0 Å². The molecule has 2 aromatic carbocycles. The van der Waals surface area contributed by atoms with Crippen LogP contribution in [0.4, 0.5) is 5.69 Å². The molecule has 0 aliphatic carbocycles. The molecular formula is C17H17Cl2NO3. The van der Waals surface area contributed by atoms with Crippen LogP contribution in [0.25, 0.3) is 0 Å². The Kier molecular flexibility index (Phi) is 6.13. The fourth-order valence-corrected chi connectivity index (χ4v) is 2.54. The number of methoxy groups -OCH3 is 2. The van der Waals surface area contributed by atoms with E-state index < -0.39 is 0 Å². The van der Waals surface area contributed by atoms with Gasteiger partial charge in [-0.05, 0) is 30.2 Å². The van der Waals surface area contributed by atoms with Crippen LogP contribution >= 0.6 is 23.2 Å². The Labute approximate surface area is 145 Å².